The van der Waals surface area contributed by atoms with Gasteiger partial charge in [0.25, 0.3) is 0 Å². The lowest BCUT2D eigenvalue weighted by molar-refractivity contribution is -0.168. The lowest BCUT2D eigenvalue weighted by Gasteiger charge is -2.29. The third kappa shape index (κ3) is 3.61. The van der Waals surface area contributed by atoms with Gasteiger partial charge in [-0.2, -0.15) is 0 Å². The molecule has 0 spiro atoms. The summed E-state index contributed by atoms with van der Waals surface area (Å²) in [6, 6.07) is 5.60. The van der Waals surface area contributed by atoms with Crippen LogP contribution >= 0.6 is 27.5 Å². The van der Waals surface area contributed by atoms with E-state index in [1.165, 1.54) is 0 Å². The number of methoxy groups -OCH3 is 1. The third-order valence-corrected chi connectivity index (χ3v) is 4.79. The van der Waals surface area contributed by atoms with Crippen molar-refractivity contribution < 1.29 is 14.3 Å². The van der Waals surface area contributed by atoms with Crippen LogP contribution in [0.5, 0.6) is 0 Å². The van der Waals surface area contributed by atoms with Gasteiger partial charge >= 0.3 is 5.97 Å². The number of carbonyl (C=O) groups excluding carboxylic acids is 1. The summed E-state index contributed by atoms with van der Waals surface area (Å²) < 4.78 is 12.0. The minimum absolute atomic E-state index is 0.187. The molecule has 0 bridgehead atoms. The number of carbonyl (C=O) groups is 1. The van der Waals surface area contributed by atoms with Crippen molar-refractivity contribution in [2.75, 3.05) is 7.11 Å². The molecule has 0 heterocycles. The average molecular weight is 376 g/mol. The first kappa shape index (κ1) is 16.8. The van der Waals surface area contributed by atoms with E-state index in [9.17, 15) is 4.79 Å². The van der Waals surface area contributed by atoms with Gasteiger partial charge in [-0.1, -0.05) is 17.7 Å². The Hall–Kier alpha value is -0.580. The van der Waals surface area contributed by atoms with Crippen molar-refractivity contribution in [3.63, 3.8) is 0 Å². The van der Waals surface area contributed by atoms with E-state index in [1.807, 2.05) is 32.9 Å². The van der Waals surface area contributed by atoms with Crippen LogP contribution in [0.4, 0.5) is 0 Å². The van der Waals surface area contributed by atoms with Gasteiger partial charge in [-0.3, -0.25) is 4.79 Å². The van der Waals surface area contributed by atoms with E-state index in [4.69, 9.17) is 21.1 Å². The highest BCUT2D eigenvalue weighted by atomic mass is 79.9. The summed E-state index contributed by atoms with van der Waals surface area (Å²) in [7, 11) is 1.62. The molecule has 1 fully saturated rings. The van der Waals surface area contributed by atoms with Gasteiger partial charge in [0.2, 0.25) is 0 Å². The van der Waals surface area contributed by atoms with Crippen LogP contribution in [0, 0.1) is 5.41 Å². The summed E-state index contributed by atoms with van der Waals surface area (Å²) in [6.07, 6.45) is 1.24. The lowest BCUT2D eigenvalue weighted by Crippen LogP contribution is -2.33. The van der Waals surface area contributed by atoms with Crippen molar-refractivity contribution in [3.8, 4) is 0 Å². The van der Waals surface area contributed by atoms with Crippen molar-refractivity contribution in [2.24, 2.45) is 5.41 Å². The van der Waals surface area contributed by atoms with Crippen molar-refractivity contribution in [3.05, 3.63) is 33.3 Å². The van der Waals surface area contributed by atoms with Crippen LogP contribution in [0.3, 0.4) is 0 Å². The number of rotatable bonds is 4. The standard InChI is InChI=1S/C16H20BrClO3/c1-15(2,3)21-14(19)16(7-8-16)13(20-4)10-5-6-12(18)11(17)9-10/h5-6,9,13H,7-8H2,1-4H3. The second-order valence-electron chi connectivity index (χ2n) is 6.45. The number of halogens is 2. The van der Waals surface area contributed by atoms with Gasteiger partial charge in [-0.15, -0.1) is 0 Å². The molecule has 2 rings (SSSR count). The van der Waals surface area contributed by atoms with E-state index < -0.39 is 11.0 Å². The Morgan fingerprint density at radius 1 is 1.38 bits per heavy atom. The number of benzene rings is 1. The maximum absolute atomic E-state index is 12.5. The molecule has 1 atom stereocenters. The van der Waals surface area contributed by atoms with E-state index in [-0.39, 0.29) is 12.1 Å². The van der Waals surface area contributed by atoms with E-state index in [0.29, 0.717) is 5.02 Å². The molecule has 1 aromatic carbocycles. The second kappa shape index (κ2) is 5.90. The molecule has 0 amide bonds. The molecular weight excluding hydrogens is 356 g/mol. The summed E-state index contributed by atoms with van der Waals surface area (Å²) in [5.74, 6) is -0.187. The van der Waals surface area contributed by atoms with Crippen LogP contribution in [0.15, 0.2) is 22.7 Å². The zero-order valence-electron chi connectivity index (χ0n) is 12.7. The van der Waals surface area contributed by atoms with E-state index in [0.717, 1.165) is 22.9 Å². The SMILES string of the molecule is COC(c1ccc(Cl)c(Br)c1)C1(C(=O)OC(C)(C)C)CC1. The zero-order valence-corrected chi connectivity index (χ0v) is 15.0. The van der Waals surface area contributed by atoms with Gasteiger partial charge in [-0.05, 0) is 67.2 Å². The first-order valence-electron chi connectivity index (χ1n) is 6.91. The van der Waals surface area contributed by atoms with Gasteiger partial charge in [-0.25, -0.2) is 0 Å². The molecule has 1 aromatic rings. The van der Waals surface area contributed by atoms with E-state index in [2.05, 4.69) is 15.9 Å². The van der Waals surface area contributed by atoms with Crippen molar-refractivity contribution in [1.29, 1.82) is 0 Å². The molecule has 0 saturated heterocycles. The van der Waals surface area contributed by atoms with Crippen molar-refractivity contribution in [1.82, 2.24) is 0 Å². The first-order valence-corrected chi connectivity index (χ1v) is 8.08. The topological polar surface area (TPSA) is 35.5 Å². The lowest BCUT2D eigenvalue weighted by atomic mass is 9.92. The van der Waals surface area contributed by atoms with Crippen LogP contribution < -0.4 is 0 Å². The zero-order chi connectivity index (χ0) is 15.8. The maximum Gasteiger partial charge on any atom is 0.315 e. The highest BCUT2D eigenvalue weighted by molar-refractivity contribution is 9.10. The Kier molecular flexibility index (Phi) is 4.72. The molecular formula is C16H20BrClO3. The summed E-state index contributed by atoms with van der Waals surface area (Å²) in [5, 5.41) is 0.635. The Labute approximate surface area is 139 Å². The van der Waals surface area contributed by atoms with Crippen LogP contribution in [0.2, 0.25) is 5.02 Å². The highest BCUT2D eigenvalue weighted by Crippen LogP contribution is 2.58. The van der Waals surface area contributed by atoms with Crippen molar-refractivity contribution in [2.45, 2.75) is 45.3 Å². The second-order valence-corrected chi connectivity index (χ2v) is 7.71. The van der Waals surface area contributed by atoms with Crippen LogP contribution in [-0.4, -0.2) is 18.7 Å². The maximum atomic E-state index is 12.5. The number of hydrogen-bond donors (Lipinski definition) is 0. The Balaban J connectivity index is 2.28. The normalized spacial score (nSPS) is 18.2. The summed E-state index contributed by atoms with van der Waals surface area (Å²) >= 11 is 9.44. The fraction of sp³-hybridized carbons (Fsp3) is 0.562. The summed E-state index contributed by atoms with van der Waals surface area (Å²) in [5.41, 5.74) is -0.141. The smallest absolute Gasteiger partial charge is 0.315 e. The van der Waals surface area contributed by atoms with Crippen LogP contribution in [-0.2, 0) is 14.3 Å². The molecule has 1 aliphatic rings. The quantitative estimate of drug-likeness (QED) is 0.701. The Morgan fingerprint density at radius 2 is 2.00 bits per heavy atom. The largest absolute Gasteiger partial charge is 0.459 e. The minimum atomic E-state index is -0.574. The first-order chi connectivity index (χ1) is 9.69. The number of esters is 1. The van der Waals surface area contributed by atoms with Crippen LogP contribution in [0.1, 0.15) is 45.3 Å². The van der Waals surface area contributed by atoms with Gasteiger partial charge in [0.05, 0.1) is 16.5 Å². The molecule has 21 heavy (non-hydrogen) atoms. The van der Waals surface area contributed by atoms with E-state index in [1.54, 1.807) is 13.2 Å². The van der Waals surface area contributed by atoms with Gasteiger partial charge in [0.15, 0.2) is 0 Å². The number of ether oxygens (including phenoxy) is 2. The van der Waals surface area contributed by atoms with Gasteiger partial charge in [0, 0.05) is 11.6 Å². The molecule has 1 saturated carbocycles. The molecule has 0 radical (unpaired) electrons. The van der Waals surface area contributed by atoms with Gasteiger partial charge < -0.3 is 9.47 Å². The highest BCUT2D eigenvalue weighted by Gasteiger charge is 2.58. The monoisotopic (exact) mass is 374 g/mol. The fourth-order valence-electron chi connectivity index (χ4n) is 2.44. The average Bonchev–Trinajstić information content (AvgIpc) is 3.14. The van der Waals surface area contributed by atoms with Gasteiger partial charge in [0.1, 0.15) is 5.60 Å². The summed E-state index contributed by atoms with van der Waals surface area (Å²) in [6.45, 7) is 5.63. The molecule has 5 heteroatoms. The molecule has 0 aliphatic heterocycles. The molecule has 1 aliphatic carbocycles. The van der Waals surface area contributed by atoms with Crippen LogP contribution in [0.25, 0.3) is 0 Å². The Morgan fingerprint density at radius 3 is 2.43 bits per heavy atom. The predicted molar refractivity (Wildman–Crippen MR) is 86.4 cm³/mol. The molecule has 0 aromatic heterocycles. The molecule has 1 unspecified atom stereocenters. The third-order valence-electron chi connectivity index (χ3n) is 3.58. The van der Waals surface area contributed by atoms with E-state index >= 15 is 0 Å². The molecule has 116 valence electrons. The predicted octanol–water partition coefficient (Wildman–Crippen LogP) is 4.91. The summed E-state index contributed by atoms with van der Waals surface area (Å²) in [4.78, 5) is 12.5. The fourth-order valence-corrected chi connectivity index (χ4v) is 2.96. The van der Waals surface area contributed by atoms with Crippen molar-refractivity contribution >= 4 is 33.5 Å². The number of hydrogen-bond acceptors (Lipinski definition) is 3. The Bertz CT molecular complexity index is 547. The molecule has 0 N–H and O–H groups in total. The molecule has 3 nitrogen and oxygen atoms in total. The minimum Gasteiger partial charge on any atom is -0.459 e.